The van der Waals surface area contributed by atoms with Crippen molar-refractivity contribution in [2.45, 2.75) is 24.1 Å². The highest BCUT2D eigenvalue weighted by molar-refractivity contribution is 8.00. The fraction of sp³-hybridized carbons (Fsp3) is 0.308. The van der Waals surface area contributed by atoms with E-state index in [2.05, 4.69) is 9.97 Å². The molecular weight excluding hydrogens is 248 g/mol. The van der Waals surface area contributed by atoms with E-state index in [1.807, 2.05) is 38.1 Å². The third kappa shape index (κ3) is 2.61. The molecule has 0 aliphatic rings. The summed E-state index contributed by atoms with van der Waals surface area (Å²) < 4.78 is 4.72. The first-order chi connectivity index (χ1) is 8.61. The summed E-state index contributed by atoms with van der Waals surface area (Å²) in [6.07, 6.45) is 0. The van der Waals surface area contributed by atoms with E-state index < -0.39 is 0 Å². The molecule has 2 aromatic rings. The molecule has 18 heavy (non-hydrogen) atoms. The molecule has 0 radical (unpaired) electrons. The fourth-order valence-corrected chi connectivity index (χ4v) is 2.64. The molecule has 0 bridgehead atoms. The van der Waals surface area contributed by atoms with Crippen molar-refractivity contribution in [1.29, 1.82) is 0 Å². The summed E-state index contributed by atoms with van der Waals surface area (Å²) in [5.74, 6) is 0.452. The number of nitrogens with zero attached hydrogens (tertiary/aromatic N) is 2. The zero-order valence-electron chi connectivity index (χ0n) is 10.5. The molecule has 1 heterocycles. The van der Waals surface area contributed by atoms with Crippen molar-refractivity contribution in [3.05, 3.63) is 30.1 Å². The first kappa shape index (κ1) is 12.8. The molecule has 0 amide bonds. The quantitative estimate of drug-likeness (QED) is 0.483. The second-order valence-corrected chi connectivity index (χ2v) is 5.21. The molecule has 4 nitrogen and oxygen atoms in total. The van der Waals surface area contributed by atoms with E-state index in [1.54, 1.807) is 0 Å². The number of esters is 1. The summed E-state index contributed by atoms with van der Waals surface area (Å²) >= 11 is 1.39. The maximum Gasteiger partial charge on any atom is 0.318 e. The van der Waals surface area contributed by atoms with Crippen LogP contribution in [0.3, 0.4) is 0 Å². The van der Waals surface area contributed by atoms with Crippen molar-refractivity contribution >= 4 is 28.6 Å². The minimum absolute atomic E-state index is 0.250. The maximum atomic E-state index is 11.5. The molecular formula is C13H14N2O2S. The van der Waals surface area contributed by atoms with Crippen molar-refractivity contribution in [1.82, 2.24) is 9.97 Å². The lowest BCUT2D eigenvalue weighted by Crippen LogP contribution is -2.15. The summed E-state index contributed by atoms with van der Waals surface area (Å²) in [6, 6.07) is 7.78. The molecule has 0 saturated heterocycles. The van der Waals surface area contributed by atoms with Gasteiger partial charge >= 0.3 is 5.97 Å². The number of aryl methyl sites for hydroxylation is 1. The number of rotatable bonds is 3. The van der Waals surface area contributed by atoms with Crippen LogP contribution in [0.4, 0.5) is 0 Å². The van der Waals surface area contributed by atoms with Gasteiger partial charge in [0.25, 0.3) is 0 Å². The van der Waals surface area contributed by atoms with Crippen molar-refractivity contribution < 1.29 is 9.53 Å². The molecule has 1 aromatic heterocycles. The van der Waals surface area contributed by atoms with Crippen LogP contribution in [0, 0.1) is 6.92 Å². The zero-order chi connectivity index (χ0) is 13.1. The minimum Gasteiger partial charge on any atom is -0.468 e. The summed E-state index contributed by atoms with van der Waals surface area (Å²) in [4.78, 5) is 20.2. The third-order valence-electron chi connectivity index (χ3n) is 2.50. The number of aromatic nitrogens is 2. The number of ether oxygens (including phenoxy) is 1. The molecule has 0 spiro atoms. The number of carbonyl (C=O) groups excluding carboxylic acids is 1. The summed E-state index contributed by atoms with van der Waals surface area (Å²) in [5.41, 5.74) is 0.893. The lowest BCUT2D eigenvalue weighted by molar-refractivity contribution is -0.139. The standard InChI is InChI=1S/C13H14N2O2S/c1-8(13(16)17-3)18-12-10-6-4-5-7-11(10)14-9(2)15-12/h4-8H,1-3H3. The molecule has 0 N–H and O–H groups in total. The Morgan fingerprint density at radius 3 is 2.78 bits per heavy atom. The van der Waals surface area contributed by atoms with Crippen molar-refractivity contribution in [2.24, 2.45) is 0 Å². The Morgan fingerprint density at radius 2 is 2.06 bits per heavy atom. The van der Waals surface area contributed by atoms with Crippen LogP contribution < -0.4 is 0 Å². The van der Waals surface area contributed by atoms with E-state index in [9.17, 15) is 4.79 Å². The average molecular weight is 262 g/mol. The topological polar surface area (TPSA) is 52.1 Å². The maximum absolute atomic E-state index is 11.5. The largest absolute Gasteiger partial charge is 0.468 e. The molecule has 2 rings (SSSR count). The second-order valence-electron chi connectivity index (χ2n) is 3.88. The second kappa shape index (κ2) is 5.35. The number of hydrogen-bond acceptors (Lipinski definition) is 5. The third-order valence-corrected chi connectivity index (χ3v) is 3.58. The number of thioether (sulfide) groups is 1. The van der Waals surface area contributed by atoms with Crippen LogP contribution in [0.1, 0.15) is 12.7 Å². The van der Waals surface area contributed by atoms with E-state index in [4.69, 9.17) is 4.74 Å². The normalized spacial score (nSPS) is 12.4. The van der Waals surface area contributed by atoms with Gasteiger partial charge in [-0.1, -0.05) is 30.0 Å². The van der Waals surface area contributed by atoms with Gasteiger partial charge in [-0.3, -0.25) is 4.79 Å². The van der Waals surface area contributed by atoms with E-state index in [1.165, 1.54) is 18.9 Å². The molecule has 1 unspecified atom stereocenters. The highest BCUT2D eigenvalue weighted by Crippen LogP contribution is 2.28. The summed E-state index contributed by atoms with van der Waals surface area (Å²) in [6.45, 7) is 3.65. The van der Waals surface area contributed by atoms with Crippen molar-refractivity contribution in [3.63, 3.8) is 0 Å². The zero-order valence-corrected chi connectivity index (χ0v) is 11.3. The Morgan fingerprint density at radius 1 is 1.33 bits per heavy atom. The first-order valence-electron chi connectivity index (χ1n) is 5.59. The van der Waals surface area contributed by atoms with Crippen molar-refractivity contribution in [2.75, 3.05) is 7.11 Å². The SMILES string of the molecule is COC(=O)C(C)Sc1nc(C)nc2ccccc12. The lowest BCUT2D eigenvalue weighted by Gasteiger charge is -2.10. The highest BCUT2D eigenvalue weighted by atomic mass is 32.2. The van der Waals surface area contributed by atoms with Gasteiger partial charge in [0.2, 0.25) is 0 Å². The van der Waals surface area contributed by atoms with E-state index in [-0.39, 0.29) is 11.2 Å². The van der Waals surface area contributed by atoms with E-state index >= 15 is 0 Å². The predicted octanol–water partition coefficient (Wildman–Crippen LogP) is 2.59. The molecule has 0 saturated carbocycles. The van der Waals surface area contributed by atoms with Crippen LogP contribution >= 0.6 is 11.8 Å². The molecule has 94 valence electrons. The van der Waals surface area contributed by atoms with Gasteiger partial charge in [0.15, 0.2) is 0 Å². The Hall–Kier alpha value is -1.62. The van der Waals surface area contributed by atoms with E-state index in [0.29, 0.717) is 5.82 Å². The lowest BCUT2D eigenvalue weighted by atomic mass is 10.2. The van der Waals surface area contributed by atoms with Crippen LogP contribution in [0.5, 0.6) is 0 Å². The van der Waals surface area contributed by atoms with Gasteiger partial charge < -0.3 is 4.74 Å². The Kier molecular flexibility index (Phi) is 3.81. The predicted molar refractivity (Wildman–Crippen MR) is 71.6 cm³/mol. The van der Waals surface area contributed by atoms with Gasteiger partial charge in [0.05, 0.1) is 12.6 Å². The number of carbonyl (C=O) groups is 1. The van der Waals surface area contributed by atoms with Crippen LogP contribution in [-0.4, -0.2) is 28.3 Å². The number of para-hydroxylation sites is 1. The monoisotopic (exact) mass is 262 g/mol. The van der Waals surface area contributed by atoms with Crippen LogP contribution in [0.15, 0.2) is 29.3 Å². The smallest absolute Gasteiger partial charge is 0.318 e. The number of hydrogen-bond donors (Lipinski definition) is 0. The Balaban J connectivity index is 2.41. The minimum atomic E-state index is -0.285. The molecule has 0 aliphatic heterocycles. The van der Waals surface area contributed by atoms with Crippen molar-refractivity contribution in [3.8, 4) is 0 Å². The Bertz CT molecular complexity index is 586. The van der Waals surface area contributed by atoms with Crippen LogP contribution in [0.25, 0.3) is 10.9 Å². The highest BCUT2D eigenvalue weighted by Gasteiger charge is 2.17. The van der Waals surface area contributed by atoms with Gasteiger partial charge in [0.1, 0.15) is 16.1 Å². The van der Waals surface area contributed by atoms with Gasteiger partial charge in [0, 0.05) is 5.39 Å². The average Bonchev–Trinajstić information content (AvgIpc) is 2.37. The Labute approximate surface area is 110 Å². The van der Waals surface area contributed by atoms with Gasteiger partial charge in [-0.2, -0.15) is 0 Å². The summed E-state index contributed by atoms with van der Waals surface area (Å²) in [5, 5.41) is 1.49. The number of fused-ring (bicyclic) bond motifs is 1. The molecule has 1 aromatic carbocycles. The van der Waals surface area contributed by atoms with E-state index in [0.717, 1.165) is 15.9 Å². The van der Waals surface area contributed by atoms with Crippen LogP contribution in [-0.2, 0) is 9.53 Å². The van der Waals surface area contributed by atoms with Gasteiger partial charge in [-0.25, -0.2) is 9.97 Å². The van der Waals surface area contributed by atoms with Gasteiger partial charge in [-0.05, 0) is 19.9 Å². The first-order valence-corrected chi connectivity index (χ1v) is 6.47. The number of benzene rings is 1. The molecule has 1 atom stereocenters. The molecule has 0 aliphatic carbocycles. The van der Waals surface area contributed by atoms with Crippen LogP contribution in [0.2, 0.25) is 0 Å². The molecule has 0 fully saturated rings. The number of methoxy groups -OCH3 is 1. The summed E-state index contributed by atoms with van der Waals surface area (Å²) in [7, 11) is 1.39. The molecule has 5 heteroatoms. The fourth-order valence-electron chi connectivity index (χ4n) is 1.63. The van der Waals surface area contributed by atoms with Gasteiger partial charge in [-0.15, -0.1) is 0 Å².